The van der Waals surface area contributed by atoms with E-state index in [1.165, 1.54) is 0 Å². The van der Waals surface area contributed by atoms with Crippen molar-refractivity contribution in [2.24, 2.45) is 11.8 Å². The molecule has 1 unspecified atom stereocenters. The molecule has 0 aromatic carbocycles. The molecule has 1 aliphatic rings. The number of nitrogens with zero attached hydrogens (tertiary/aromatic N) is 1. The van der Waals surface area contributed by atoms with E-state index in [9.17, 15) is 13.2 Å². The van der Waals surface area contributed by atoms with Gasteiger partial charge in [-0.05, 0) is 12.3 Å². The molecule has 1 amide bonds. The lowest BCUT2D eigenvalue weighted by Gasteiger charge is -2.17. The third kappa shape index (κ3) is 5.68. The summed E-state index contributed by atoms with van der Waals surface area (Å²) in [7, 11) is -3.41. The Morgan fingerprint density at radius 3 is 2.67 bits per heavy atom. The lowest BCUT2D eigenvalue weighted by Crippen LogP contribution is -2.31. The van der Waals surface area contributed by atoms with E-state index in [-0.39, 0.29) is 18.6 Å². The molecular formula is C11H21NO5S. The van der Waals surface area contributed by atoms with E-state index >= 15 is 0 Å². The molecule has 0 aliphatic carbocycles. The van der Waals surface area contributed by atoms with Crippen LogP contribution in [0.5, 0.6) is 0 Å². The van der Waals surface area contributed by atoms with E-state index in [0.717, 1.165) is 12.7 Å². The minimum absolute atomic E-state index is 0.0614. The Bertz CT molecular complexity index is 379. The van der Waals surface area contributed by atoms with Gasteiger partial charge in [0.05, 0.1) is 19.5 Å². The van der Waals surface area contributed by atoms with Crippen LogP contribution in [0.4, 0.5) is 4.79 Å². The van der Waals surface area contributed by atoms with Crippen LogP contribution in [0, 0.1) is 11.8 Å². The summed E-state index contributed by atoms with van der Waals surface area (Å²) in [6.07, 6.45) is 1.44. The average molecular weight is 279 g/mol. The number of likely N-dealkylation sites (tertiary alicyclic amines) is 1. The number of carbonyl (C=O) groups excluding carboxylic acids is 1. The first-order valence-corrected chi connectivity index (χ1v) is 7.85. The zero-order valence-electron chi connectivity index (χ0n) is 11.1. The number of hydrogen-bond acceptors (Lipinski definition) is 5. The Balaban J connectivity index is 2.30. The Morgan fingerprint density at radius 2 is 2.11 bits per heavy atom. The van der Waals surface area contributed by atoms with Crippen LogP contribution in [-0.2, 0) is 19.0 Å². The van der Waals surface area contributed by atoms with Gasteiger partial charge in [-0.25, -0.2) is 4.79 Å². The summed E-state index contributed by atoms with van der Waals surface area (Å²) in [4.78, 5) is 13.2. The van der Waals surface area contributed by atoms with Crippen molar-refractivity contribution in [3.8, 4) is 0 Å². The van der Waals surface area contributed by atoms with E-state index in [2.05, 4.69) is 0 Å². The van der Waals surface area contributed by atoms with Crippen molar-refractivity contribution < 1.29 is 22.1 Å². The lowest BCUT2D eigenvalue weighted by molar-refractivity contribution is 0.0975. The van der Waals surface area contributed by atoms with Crippen molar-refractivity contribution in [3.63, 3.8) is 0 Å². The highest BCUT2D eigenvalue weighted by Gasteiger charge is 2.28. The normalized spacial score (nSPS) is 20.4. The highest BCUT2D eigenvalue weighted by molar-refractivity contribution is 7.85. The Morgan fingerprint density at radius 1 is 1.44 bits per heavy atom. The van der Waals surface area contributed by atoms with E-state index in [1.807, 2.05) is 13.8 Å². The molecule has 1 fully saturated rings. The molecule has 1 heterocycles. The summed E-state index contributed by atoms with van der Waals surface area (Å²) in [5, 5.41) is 0. The molecule has 0 aromatic heterocycles. The van der Waals surface area contributed by atoms with Crippen LogP contribution >= 0.6 is 0 Å². The Labute approximate surface area is 108 Å². The van der Waals surface area contributed by atoms with Gasteiger partial charge < -0.3 is 9.64 Å². The number of carbonyl (C=O) groups is 1. The van der Waals surface area contributed by atoms with Gasteiger partial charge in [-0.3, -0.25) is 4.18 Å². The summed E-state index contributed by atoms with van der Waals surface area (Å²) in [6.45, 7) is 5.56. The van der Waals surface area contributed by atoms with Gasteiger partial charge in [-0.2, -0.15) is 8.42 Å². The van der Waals surface area contributed by atoms with E-state index < -0.39 is 10.1 Å². The Hall–Kier alpha value is -0.820. The maximum Gasteiger partial charge on any atom is 0.409 e. The lowest BCUT2D eigenvalue weighted by atomic mass is 10.1. The second kappa shape index (κ2) is 6.38. The zero-order valence-corrected chi connectivity index (χ0v) is 11.9. The van der Waals surface area contributed by atoms with Gasteiger partial charge in [0.15, 0.2) is 0 Å². The molecule has 6 nitrogen and oxygen atoms in total. The first-order valence-electron chi connectivity index (χ1n) is 6.04. The van der Waals surface area contributed by atoms with E-state index in [4.69, 9.17) is 8.92 Å². The van der Waals surface area contributed by atoms with Crippen LogP contribution in [0.15, 0.2) is 0 Å². The van der Waals surface area contributed by atoms with Crippen LogP contribution in [0.3, 0.4) is 0 Å². The van der Waals surface area contributed by atoms with Crippen molar-refractivity contribution in [2.45, 2.75) is 20.3 Å². The maximum absolute atomic E-state index is 11.6. The van der Waals surface area contributed by atoms with Gasteiger partial charge in [0.1, 0.15) is 0 Å². The molecule has 0 spiro atoms. The van der Waals surface area contributed by atoms with Crippen LogP contribution in [0.25, 0.3) is 0 Å². The fourth-order valence-electron chi connectivity index (χ4n) is 1.68. The fourth-order valence-corrected chi connectivity index (χ4v) is 2.12. The maximum atomic E-state index is 11.6. The average Bonchev–Trinajstić information content (AvgIpc) is 2.70. The monoisotopic (exact) mass is 279 g/mol. The van der Waals surface area contributed by atoms with Gasteiger partial charge in [-0.15, -0.1) is 0 Å². The molecule has 18 heavy (non-hydrogen) atoms. The van der Waals surface area contributed by atoms with Gasteiger partial charge in [0.2, 0.25) is 0 Å². The van der Waals surface area contributed by atoms with Gasteiger partial charge in [0, 0.05) is 19.0 Å². The predicted molar refractivity (Wildman–Crippen MR) is 66.7 cm³/mol. The first kappa shape index (κ1) is 15.2. The van der Waals surface area contributed by atoms with Crippen LogP contribution in [0.1, 0.15) is 20.3 Å². The minimum atomic E-state index is -3.41. The molecule has 1 rings (SSSR count). The number of hydrogen-bond donors (Lipinski definition) is 0. The second-order valence-corrected chi connectivity index (χ2v) is 6.70. The summed E-state index contributed by atoms with van der Waals surface area (Å²) >= 11 is 0. The van der Waals surface area contributed by atoms with Crippen molar-refractivity contribution >= 4 is 16.2 Å². The van der Waals surface area contributed by atoms with Crippen molar-refractivity contribution in [3.05, 3.63) is 0 Å². The van der Waals surface area contributed by atoms with Crippen molar-refractivity contribution in [1.82, 2.24) is 4.90 Å². The summed E-state index contributed by atoms with van der Waals surface area (Å²) in [6, 6.07) is 0. The van der Waals surface area contributed by atoms with Gasteiger partial charge in [-0.1, -0.05) is 13.8 Å². The highest BCUT2D eigenvalue weighted by atomic mass is 32.2. The molecule has 0 radical (unpaired) electrons. The largest absolute Gasteiger partial charge is 0.449 e. The number of rotatable bonds is 5. The molecule has 0 bridgehead atoms. The van der Waals surface area contributed by atoms with Gasteiger partial charge >= 0.3 is 6.09 Å². The third-order valence-corrected chi connectivity index (χ3v) is 3.17. The predicted octanol–water partition coefficient (Wildman–Crippen LogP) is 1.08. The molecule has 1 saturated heterocycles. The molecule has 0 saturated carbocycles. The quantitative estimate of drug-likeness (QED) is 0.704. The van der Waals surface area contributed by atoms with Crippen molar-refractivity contribution in [1.29, 1.82) is 0 Å². The first-order chi connectivity index (χ1) is 8.28. The number of amides is 1. The van der Waals surface area contributed by atoms with E-state index in [1.54, 1.807) is 4.90 Å². The van der Waals surface area contributed by atoms with Crippen molar-refractivity contribution in [2.75, 3.05) is 32.6 Å². The third-order valence-electron chi connectivity index (χ3n) is 2.60. The molecule has 0 aromatic rings. The highest BCUT2D eigenvalue weighted by Crippen LogP contribution is 2.18. The molecule has 7 heteroatoms. The Kier molecular flexibility index (Phi) is 5.40. The minimum Gasteiger partial charge on any atom is -0.449 e. The number of ether oxygens (including phenoxy) is 1. The summed E-state index contributed by atoms with van der Waals surface area (Å²) in [5.41, 5.74) is 0. The molecule has 1 aliphatic heterocycles. The SMILES string of the molecule is CC(C)COC(=O)N1CCC(COS(C)(=O)=O)C1. The second-order valence-electron chi connectivity index (χ2n) is 5.06. The molecule has 1 atom stereocenters. The molecular weight excluding hydrogens is 258 g/mol. The molecule has 106 valence electrons. The van der Waals surface area contributed by atoms with Crippen LogP contribution in [0.2, 0.25) is 0 Å². The van der Waals surface area contributed by atoms with Crippen LogP contribution < -0.4 is 0 Å². The fraction of sp³-hybridized carbons (Fsp3) is 0.909. The standard InChI is InChI=1S/C11H21NO5S/c1-9(2)7-16-11(13)12-5-4-10(6-12)8-17-18(3,14)15/h9-10H,4-8H2,1-3H3. The summed E-state index contributed by atoms with van der Waals surface area (Å²) < 4.78 is 31.5. The van der Waals surface area contributed by atoms with Crippen LogP contribution in [-0.4, -0.2) is 52.0 Å². The zero-order chi connectivity index (χ0) is 13.8. The molecule has 0 N–H and O–H groups in total. The van der Waals surface area contributed by atoms with Gasteiger partial charge in [0.25, 0.3) is 10.1 Å². The smallest absolute Gasteiger partial charge is 0.409 e. The summed E-state index contributed by atoms with van der Waals surface area (Å²) in [5.74, 6) is 0.368. The topological polar surface area (TPSA) is 72.9 Å². The van der Waals surface area contributed by atoms with E-state index in [0.29, 0.717) is 25.6 Å².